The van der Waals surface area contributed by atoms with E-state index in [1.165, 1.54) is 0 Å². The molecular formula is C20H33IN8O. The lowest BCUT2D eigenvalue weighted by Gasteiger charge is -2.32. The van der Waals surface area contributed by atoms with E-state index in [1.54, 1.807) is 6.33 Å². The normalized spacial score (nSPS) is 16.8. The Labute approximate surface area is 195 Å². The van der Waals surface area contributed by atoms with Crippen LogP contribution in [0.5, 0.6) is 0 Å². The van der Waals surface area contributed by atoms with Crippen molar-refractivity contribution in [2.75, 3.05) is 37.7 Å². The zero-order chi connectivity index (χ0) is 20.5. The Hall–Kier alpha value is -1.95. The molecule has 0 bridgehead atoms. The maximum atomic E-state index is 5.60. The SMILES string of the molecule is CCNC(=NCc1ccc(N2CCOC(C)C2)nc1)NCCn1cnnc1CC.I. The zero-order valence-electron chi connectivity index (χ0n) is 18.0. The van der Waals surface area contributed by atoms with Gasteiger partial charge in [-0.15, -0.1) is 34.2 Å². The van der Waals surface area contributed by atoms with E-state index in [4.69, 9.17) is 4.74 Å². The number of aromatic nitrogens is 4. The summed E-state index contributed by atoms with van der Waals surface area (Å²) in [6.07, 6.45) is 4.80. The number of hydrogen-bond donors (Lipinski definition) is 2. The van der Waals surface area contributed by atoms with Gasteiger partial charge in [-0.05, 0) is 25.5 Å². The molecule has 3 rings (SSSR count). The summed E-state index contributed by atoms with van der Waals surface area (Å²) in [4.78, 5) is 11.6. The first kappa shape index (κ1) is 24.3. The van der Waals surface area contributed by atoms with Crippen LogP contribution in [0.25, 0.3) is 0 Å². The largest absolute Gasteiger partial charge is 0.375 e. The molecule has 0 amide bonds. The van der Waals surface area contributed by atoms with Crippen LogP contribution in [0.1, 0.15) is 32.2 Å². The molecule has 2 N–H and O–H groups in total. The molecule has 30 heavy (non-hydrogen) atoms. The van der Waals surface area contributed by atoms with Crippen LogP contribution in [0, 0.1) is 0 Å². The minimum absolute atomic E-state index is 0. The van der Waals surface area contributed by atoms with Crippen LogP contribution in [0.3, 0.4) is 0 Å². The third-order valence-electron chi connectivity index (χ3n) is 4.80. The quantitative estimate of drug-likeness (QED) is 0.307. The number of halogens is 1. The van der Waals surface area contributed by atoms with Gasteiger partial charge in [0.2, 0.25) is 0 Å². The molecular weight excluding hydrogens is 495 g/mol. The molecule has 9 nitrogen and oxygen atoms in total. The summed E-state index contributed by atoms with van der Waals surface area (Å²) in [7, 11) is 0. The van der Waals surface area contributed by atoms with Gasteiger partial charge >= 0.3 is 0 Å². The van der Waals surface area contributed by atoms with E-state index in [0.717, 1.165) is 68.9 Å². The highest BCUT2D eigenvalue weighted by Gasteiger charge is 2.17. The fourth-order valence-corrected chi connectivity index (χ4v) is 3.27. The minimum Gasteiger partial charge on any atom is -0.375 e. The van der Waals surface area contributed by atoms with Crippen molar-refractivity contribution in [1.82, 2.24) is 30.4 Å². The molecule has 0 aliphatic carbocycles. The number of ether oxygens (including phenoxy) is 1. The van der Waals surface area contributed by atoms with E-state index >= 15 is 0 Å². The number of pyridine rings is 1. The second-order valence-corrected chi connectivity index (χ2v) is 7.07. The van der Waals surface area contributed by atoms with Crippen molar-refractivity contribution < 1.29 is 4.74 Å². The molecule has 10 heteroatoms. The molecule has 166 valence electrons. The number of aryl methyl sites for hydroxylation is 1. The van der Waals surface area contributed by atoms with Crippen LogP contribution in [0.15, 0.2) is 29.6 Å². The van der Waals surface area contributed by atoms with Crippen molar-refractivity contribution in [3.8, 4) is 0 Å². The van der Waals surface area contributed by atoms with Gasteiger partial charge in [0.15, 0.2) is 5.96 Å². The van der Waals surface area contributed by atoms with E-state index in [2.05, 4.69) is 73.2 Å². The highest BCUT2D eigenvalue weighted by molar-refractivity contribution is 14.0. The smallest absolute Gasteiger partial charge is 0.191 e. The Kier molecular flexibility index (Phi) is 10.3. The molecule has 0 spiro atoms. The fourth-order valence-electron chi connectivity index (χ4n) is 3.27. The standard InChI is InChI=1S/C20H32N8O.HI/c1-4-18-26-25-15-28(18)9-8-22-20(21-5-2)24-13-17-6-7-19(23-12-17)27-10-11-29-16(3)14-27;/h6-7,12,15-16H,4-5,8-11,13-14H2,1-3H3,(H2,21,22,24);1H. The van der Waals surface area contributed by atoms with Crippen LogP contribution in [-0.2, 0) is 24.2 Å². The van der Waals surface area contributed by atoms with Crippen LogP contribution in [-0.4, -0.2) is 64.6 Å². The van der Waals surface area contributed by atoms with Crippen molar-refractivity contribution in [3.63, 3.8) is 0 Å². The summed E-state index contributed by atoms with van der Waals surface area (Å²) in [6, 6.07) is 4.17. The average molecular weight is 528 g/mol. The Balaban J connectivity index is 0.00000320. The number of anilines is 1. The van der Waals surface area contributed by atoms with E-state index < -0.39 is 0 Å². The first-order valence-corrected chi connectivity index (χ1v) is 10.4. The lowest BCUT2D eigenvalue weighted by Crippen LogP contribution is -2.41. The van der Waals surface area contributed by atoms with Gasteiger partial charge in [-0.25, -0.2) is 9.98 Å². The predicted octanol–water partition coefficient (Wildman–Crippen LogP) is 1.83. The number of morpholine rings is 1. The van der Waals surface area contributed by atoms with Gasteiger partial charge in [-0.3, -0.25) is 0 Å². The molecule has 1 aliphatic rings. The van der Waals surface area contributed by atoms with E-state index in [1.807, 2.05) is 6.20 Å². The third kappa shape index (κ3) is 7.08. The van der Waals surface area contributed by atoms with Crippen LogP contribution in [0.2, 0.25) is 0 Å². The summed E-state index contributed by atoms with van der Waals surface area (Å²) in [5.41, 5.74) is 1.08. The van der Waals surface area contributed by atoms with Gasteiger partial charge in [0.1, 0.15) is 18.0 Å². The average Bonchev–Trinajstić information content (AvgIpc) is 3.20. The molecule has 1 fully saturated rings. The van der Waals surface area contributed by atoms with Crippen molar-refractivity contribution in [1.29, 1.82) is 0 Å². The number of guanidine groups is 1. The molecule has 1 saturated heterocycles. The van der Waals surface area contributed by atoms with Crippen molar-refractivity contribution in [3.05, 3.63) is 36.0 Å². The van der Waals surface area contributed by atoms with E-state index in [-0.39, 0.29) is 30.1 Å². The molecule has 1 aliphatic heterocycles. The van der Waals surface area contributed by atoms with Crippen LogP contribution in [0.4, 0.5) is 5.82 Å². The Morgan fingerprint density at radius 3 is 2.87 bits per heavy atom. The van der Waals surface area contributed by atoms with Crippen molar-refractivity contribution in [2.24, 2.45) is 4.99 Å². The summed E-state index contributed by atoms with van der Waals surface area (Å²) in [5.74, 6) is 2.79. The van der Waals surface area contributed by atoms with Crippen molar-refractivity contribution in [2.45, 2.75) is 46.4 Å². The highest BCUT2D eigenvalue weighted by atomic mass is 127. The van der Waals surface area contributed by atoms with E-state index in [9.17, 15) is 0 Å². The van der Waals surface area contributed by atoms with Gasteiger partial charge in [-0.1, -0.05) is 13.0 Å². The van der Waals surface area contributed by atoms with Gasteiger partial charge in [0.05, 0.1) is 19.3 Å². The van der Waals surface area contributed by atoms with Crippen molar-refractivity contribution >= 4 is 35.8 Å². The van der Waals surface area contributed by atoms with E-state index in [0.29, 0.717) is 6.54 Å². The number of aliphatic imine (C=N–C) groups is 1. The van der Waals surface area contributed by atoms with Crippen LogP contribution >= 0.6 is 24.0 Å². The van der Waals surface area contributed by atoms with Gasteiger partial charge in [-0.2, -0.15) is 0 Å². The molecule has 3 heterocycles. The van der Waals surface area contributed by atoms with Gasteiger partial charge < -0.3 is 24.8 Å². The molecule has 1 atom stereocenters. The minimum atomic E-state index is 0. The lowest BCUT2D eigenvalue weighted by atomic mass is 10.2. The first-order valence-electron chi connectivity index (χ1n) is 10.4. The number of nitrogens with zero attached hydrogens (tertiary/aromatic N) is 6. The third-order valence-corrected chi connectivity index (χ3v) is 4.80. The maximum Gasteiger partial charge on any atom is 0.191 e. The number of hydrogen-bond acceptors (Lipinski definition) is 6. The fraction of sp³-hybridized carbons (Fsp3) is 0.600. The Morgan fingerprint density at radius 1 is 1.30 bits per heavy atom. The van der Waals surface area contributed by atoms with Crippen LogP contribution < -0.4 is 15.5 Å². The molecule has 0 radical (unpaired) electrons. The summed E-state index contributed by atoms with van der Waals surface area (Å²) in [5, 5.41) is 14.7. The summed E-state index contributed by atoms with van der Waals surface area (Å²) in [6.45, 7) is 11.7. The molecule has 0 saturated carbocycles. The highest BCUT2D eigenvalue weighted by Crippen LogP contribution is 2.15. The zero-order valence-corrected chi connectivity index (χ0v) is 20.4. The Bertz CT molecular complexity index is 779. The summed E-state index contributed by atoms with van der Waals surface area (Å²) < 4.78 is 7.66. The Morgan fingerprint density at radius 2 is 2.17 bits per heavy atom. The number of nitrogens with one attached hydrogen (secondary N) is 2. The second-order valence-electron chi connectivity index (χ2n) is 7.07. The molecule has 2 aromatic heterocycles. The monoisotopic (exact) mass is 528 g/mol. The first-order chi connectivity index (χ1) is 14.2. The van der Waals surface area contributed by atoms with Gasteiger partial charge in [0.25, 0.3) is 0 Å². The number of rotatable bonds is 8. The molecule has 0 aromatic carbocycles. The second kappa shape index (κ2) is 12.7. The summed E-state index contributed by atoms with van der Waals surface area (Å²) >= 11 is 0. The lowest BCUT2D eigenvalue weighted by molar-refractivity contribution is 0.0529. The molecule has 1 unspecified atom stereocenters. The molecule has 2 aromatic rings. The topological polar surface area (TPSA) is 92.5 Å². The predicted molar refractivity (Wildman–Crippen MR) is 129 cm³/mol. The maximum absolute atomic E-state index is 5.60. The van der Waals surface area contributed by atoms with Gasteiger partial charge in [0, 0.05) is 45.3 Å².